The number of anilines is 1. The van der Waals surface area contributed by atoms with Crippen LogP contribution >= 0.6 is 15.9 Å². The summed E-state index contributed by atoms with van der Waals surface area (Å²) in [5.41, 5.74) is 7.06. The van der Waals surface area contributed by atoms with Crippen LogP contribution in [0.5, 0.6) is 5.75 Å². The van der Waals surface area contributed by atoms with E-state index in [0.29, 0.717) is 6.61 Å². The second-order valence-corrected chi connectivity index (χ2v) is 4.57. The Morgan fingerprint density at radius 2 is 2.50 bits per heavy atom. The molecule has 0 bridgehead atoms. The largest absolute Gasteiger partial charge is 0.491 e. The summed E-state index contributed by atoms with van der Waals surface area (Å²) >= 11 is 3.37. The van der Waals surface area contributed by atoms with Crippen molar-refractivity contribution in [2.24, 2.45) is 5.73 Å². The van der Waals surface area contributed by atoms with Crippen LogP contribution in [0.4, 0.5) is 5.69 Å². The lowest BCUT2D eigenvalue weighted by Gasteiger charge is -2.23. The van der Waals surface area contributed by atoms with Gasteiger partial charge < -0.3 is 15.4 Å². The molecular weight excluding hydrogens is 270 g/mol. The summed E-state index contributed by atoms with van der Waals surface area (Å²) in [6, 6.07) is 1.99. The fourth-order valence-electron chi connectivity index (χ4n) is 1.94. The van der Waals surface area contributed by atoms with E-state index in [1.165, 1.54) is 0 Å². The van der Waals surface area contributed by atoms with Crippen molar-refractivity contribution in [3.8, 4) is 5.75 Å². The number of hydrogen-bond donors (Lipinski definition) is 1. The highest BCUT2D eigenvalue weighted by Gasteiger charge is 2.22. The molecule has 1 atom stereocenters. The number of nitrogens with zero attached hydrogens (tertiary/aromatic N) is 2. The molecule has 0 radical (unpaired) electrons. The summed E-state index contributed by atoms with van der Waals surface area (Å²) in [6.45, 7) is 3.59. The van der Waals surface area contributed by atoms with Crippen molar-refractivity contribution in [3.05, 3.63) is 16.9 Å². The van der Waals surface area contributed by atoms with Crippen molar-refractivity contribution in [2.45, 2.75) is 25.9 Å². The molecule has 2 heterocycles. The molecule has 4 nitrogen and oxygen atoms in total. The minimum Gasteiger partial charge on any atom is -0.491 e. The standard InChI is InChI=1S/C11H16BrN3O/c1-2-16-9-6-8(7-14-11(9)12)15-5-3-4-10(15)13/h6-7,10H,2-5,13H2,1H3. The van der Waals surface area contributed by atoms with Crippen LogP contribution in [-0.2, 0) is 0 Å². The zero-order valence-corrected chi connectivity index (χ0v) is 10.9. The van der Waals surface area contributed by atoms with Gasteiger partial charge >= 0.3 is 0 Å². The minimum absolute atomic E-state index is 0.109. The average Bonchev–Trinajstić information content (AvgIpc) is 2.68. The highest BCUT2D eigenvalue weighted by molar-refractivity contribution is 9.10. The first-order valence-corrected chi connectivity index (χ1v) is 6.32. The van der Waals surface area contributed by atoms with Crippen LogP contribution in [0.1, 0.15) is 19.8 Å². The lowest BCUT2D eigenvalue weighted by Crippen LogP contribution is -2.36. The summed E-state index contributed by atoms with van der Waals surface area (Å²) in [7, 11) is 0. The first kappa shape index (κ1) is 11.7. The highest BCUT2D eigenvalue weighted by atomic mass is 79.9. The Morgan fingerprint density at radius 3 is 3.12 bits per heavy atom. The van der Waals surface area contributed by atoms with Crippen LogP contribution in [0.25, 0.3) is 0 Å². The molecular formula is C11H16BrN3O. The summed E-state index contributed by atoms with van der Waals surface area (Å²) < 4.78 is 6.24. The Labute approximate surface area is 104 Å². The Balaban J connectivity index is 2.24. The molecule has 16 heavy (non-hydrogen) atoms. The normalized spacial score (nSPS) is 20.2. The van der Waals surface area contributed by atoms with Crippen molar-refractivity contribution < 1.29 is 4.74 Å². The highest BCUT2D eigenvalue weighted by Crippen LogP contribution is 2.30. The van der Waals surface area contributed by atoms with Crippen LogP contribution in [0.2, 0.25) is 0 Å². The van der Waals surface area contributed by atoms with E-state index in [2.05, 4.69) is 25.8 Å². The number of ether oxygens (including phenoxy) is 1. The quantitative estimate of drug-likeness (QED) is 0.865. The Bertz CT molecular complexity index is 372. The molecule has 0 spiro atoms. The van der Waals surface area contributed by atoms with Crippen LogP contribution in [0.3, 0.4) is 0 Å². The van der Waals surface area contributed by atoms with Crippen molar-refractivity contribution in [2.75, 3.05) is 18.1 Å². The summed E-state index contributed by atoms with van der Waals surface area (Å²) in [5.74, 6) is 0.777. The third kappa shape index (κ3) is 2.30. The fourth-order valence-corrected chi connectivity index (χ4v) is 2.28. The molecule has 1 aliphatic heterocycles. The minimum atomic E-state index is 0.109. The Morgan fingerprint density at radius 1 is 1.69 bits per heavy atom. The predicted octanol–water partition coefficient (Wildman–Crippen LogP) is 2.13. The summed E-state index contributed by atoms with van der Waals surface area (Å²) in [5, 5.41) is 0. The molecule has 0 amide bonds. The van der Waals surface area contributed by atoms with Crippen LogP contribution in [0, 0.1) is 0 Å². The van der Waals surface area contributed by atoms with Gasteiger partial charge in [0.15, 0.2) is 5.75 Å². The zero-order chi connectivity index (χ0) is 11.5. The van der Waals surface area contributed by atoms with E-state index in [4.69, 9.17) is 10.5 Å². The van der Waals surface area contributed by atoms with Gasteiger partial charge in [-0.15, -0.1) is 0 Å². The molecule has 1 fully saturated rings. The third-order valence-corrected chi connectivity index (χ3v) is 3.32. The van der Waals surface area contributed by atoms with E-state index in [9.17, 15) is 0 Å². The zero-order valence-electron chi connectivity index (χ0n) is 9.32. The fraction of sp³-hybridized carbons (Fsp3) is 0.545. The van der Waals surface area contributed by atoms with Crippen LogP contribution in [0.15, 0.2) is 16.9 Å². The first-order valence-electron chi connectivity index (χ1n) is 5.53. The maximum Gasteiger partial charge on any atom is 0.154 e. The number of aromatic nitrogens is 1. The van der Waals surface area contributed by atoms with Gasteiger partial charge in [-0.2, -0.15) is 0 Å². The molecule has 0 aromatic carbocycles. The summed E-state index contributed by atoms with van der Waals surface area (Å²) in [4.78, 5) is 6.44. The smallest absolute Gasteiger partial charge is 0.154 e. The van der Waals surface area contributed by atoms with Gasteiger partial charge in [0, 0.05) is 12.6 Å². The van der Waals surface area contributed by atoms with Gasteiger partial charge in [-0.05, 0) is 35.7 Å². The van der Waals surface area contributed by atoms with Gasteiger partial charge in [0.05, 0.1) is 24.7 Å². The topological polar surface area (TPSA) is 51.4 Å². The second kappa shape index (κ2) is 5.01. The Kier molecular flexibility index (Phi) is 3.66. The predicted molar refractivity (Wildman–Crippen MR) is 67.7 cm³/mol. The van der Waals surface area contributed by atoms with Gasteiger partial charge in [-0.1, -0.05) is 0 Å². The lowest BCUT2D eigenvalue weighted by atomic mass is 10.3. The van der Waals surface area contributed by atoms with Gasteiger partial charge in [-0.3, -0.25) is 0 Å². The number of hydrogen-bond acceptors (Lipinski definition) is 4. The molecule has 0 aliphatic carbocycles. The second-order valence-electron chi connectivity index (χ2n) is 3.82. The van der Waals surface area contributed by atoms with Crippen molar-refractivity contribution in [1.29, 1.82) is 0 Å². The summed E-state index contributed by atoms with van der Waals surface area (Å²) in [6.07, 6.45) is 4.12. The van der Waals surface area contributed by atoms with E-state index in [1.54, 1.807) is 0 Å². The van der Waals surface area contributed by atoms with Gasteiger partial charge in [0.1, 0.15) is 4.60 Å². The molecule has 0 saturated carbocycles. The van der Waals surface area contributed by atoms with Crippen LogP contribution in [-0.4, -0.2) is 24.3 Å². The molecule has 5 heteroatoms. The molecule has 88 valence electrons. The van der Waals surface area contributed by atoms with Gasteiger partial charge in [-0.25, -0.2) is 4.98 Å². The molecule has 1 aromatic rings. The van der Waals surface area contributed by atoms with Crippen molar-refractivity contribution >= 4 is 21.6 Å². The molecule has 1 aliphatic rings. The number of halogens is 1. The number of rotatable bonds is 3. The monoisotopic (exact) mass is 285 g/mol. The van der Waals surface area contributed by atoms with Crippen molar-refractivity contribution in [3.63, 3.8) is 0 Å². The lowest BCUT2D eigenvalue weighted by molar-refractivity contribution is 0.336. The number of nitrogens with two attached hydrogens (primary N) is 1. The third-order valence-electron chi connectivity index (χ3n) is 2.72. The Hall–Kier alpha value is -0.810. The maximum absolute atomic E-state index is 6.02. The maximum atomic E-state index is 6.02. The molecule has 1 aromatic heterocycles. The van der Waals surface area contributed by atoms with E-state index < -0.39 is 0 Å². The SMILES string of the molecule is CCOc1cc(N2CCCC2N)cnc1Br. The van der Waals surface area contributed by atoms with Crippen LogP contribution < -0.4 is 15.4 Å². The van der Waals surface area contributed by atoms with E-state index in [1.807, 2.05) is 19.2 Å². The first-order chi connectivity index (χ1) is 7.72. The van der Waals surface area contributed by atoms with E-state index >= 15 is 0 Å². The van der Waals surface area contributed by atoms with Gasteiger partial charge in [0.2, 0.25) is 0 Å². The average molecular weight is 286 g/mol. The van der Waals surface area contributed by atoms with E-state index in [-0.39, 0.29) is 6.17 Å². The van der Waals surface area contributed by atoms with E-state index in [0.717, 1.165) is 35.4 Å². The number of pyridine rings is 1. The molecule has 1 saturated heterocycles. The molecule has 2 N–H and O–H groups in total. The van der Waals surface area contributed by atoms with Crippen molar-refractivity contribution in [1.82, 2.24) is 4.98 Å². The molecule has 1 unspecified atom stereocenters. The molecule has 2 rings (SSSR count). The van der Waals surface area contributed by atoms with Gasteiger partial charge in [0.25, 0.3) is 0 Å².